The zero-order valence-corrected chi connectivity index (χ0v) is 17.8. The molecule has 29 heavy (non-hydrogen) atoms. The van der Waals surface area contributed by atoms with Gasteiger partial charge in [-0.05, 0) is 30.2 Å². The largest absolute Gasteiger partial charge is 0.494 e. The highest BCUT2D eigenvalue weighted by molar-refractivity contribution is 7.23. The molecule has 148 valence electrons. The molecule has 4 rings (SSSR count). The van der Waals surface area contributed by atoms with Gasteiger partial charge in [-0.2, -0.15) is 5.10 Å². The third-order valence-corrected chi connectivity index (χ3v) is 6.19. The lowest BCUT2D eigenvalue weighted by molar-refractivity contribution is 0.0975. The fraction of sp³-hybridized carbons (Fsp3) is 0.190. The van der Waals surface area contributed by atoms with Crippen molar-refractivity contribution in [1.82, 2.24) is 14.8 Å². The van der Waals surface area contributed by atoms with Gasteiger partial charge in [0.2, 0.25) is 0 Å². The third-order valence-electron chi connectivity index (χ3n) is 4.65. The lowest BCUT2D eigenvalue weighted by Crippen LogP contribution is -2.32. The van der Waals surface area contributed by atoms with E-state index in [4.69, 9.17) is 21.3 Å². The molecule has 6 nitrogen and oxygen atoms in total. The fourth-order valence-electron chi connectivity index (χ4n) is 3.20. The van der Waals surface area contributed by atoms with Crippen LogP contribution in [0.25, 0.3) is 10.2 Å². The molecule has 2 aromatic heterocycles. The Hall–Kier alpha value is -2.90. The monoisotopic (exact) mass is 426 g/mol. The summed E-state index contributed by atoms with van der Waals surface area (Å²) >= 11 is 7.76. The van der Waals surface area contributed by atoms with Crippen molar-refractivity contribution in [2.45, 2.75) is 13.5 Å². The molecule has 0 spiro atoms. The molecule has 0 unspecified atom stereocenters. The Labute approximate surface area is 177 Å². The second kappa shape index (κ2) is 7.85. The summed E-state index contributed by atoms with van der Waals surface area (Å²) in [6, 6.07) is 13.4. The number of fused-ring (bicyclic) bond motifs is 1. The number of amides is 1. The van der Waals surface area contributed by atoms with E-state index in [1.54, 1.807) is 42.1 Å². The highest BCUT2D eigenvalue weighted by atomic mass is 35.5. The topological polar surface area (TPSA) is 60.2 Å². The zero-order valence-electron chi connectivity index (χ0n) is 16.2. The van der Waals surface area contributed by atoms with Crippen molar-refractivity contribution in [3.05, 3.63) is 70.5 Å². The molecular formula is C21H19ClN4O2S. The molecule has 8 heteroatoms. The number of carbonyl (C=O) groups is 1. The van der Waals surface area contributed by atoms with Gasteiger partial charge in [-0.25, -0.2) is 4.98 Å². The third kappa shape index (κ3) is 3.59. The van der Waals surface area contributed by atoms with E-state index in [9.17, 15) is 4.79 Å². The van der Waals surface area contributed by atoms with Crippen LogP contribution in [0.1, 0.15) is 21.6 Å². The number of rotatable bonds is 5. The van der Waals surface area contributed by atoms with Gasteiger partial charge >= 0.3 is 0 Å². The van der Waals surface area contributed by atoms with E-state index in [0.717, 1.165) is 15.8 Å². The number of hydrogen-bond acceptors (Lipinski definition) is 5. The minimum absolute atomic E-state index is 0.166. The van der Waals surface area contributed by atoms with E-state index in [1.165, 1.54) is 11.3 Å². The van der Waals surface area contributed by atoms with Crippen LogP contribution in [0, 0.1) is 6.92 Å². The first-order valence-electron chi connectivity index (χ1n) is 8.97. The lowest BCUT2D eigenvalue weighted by Gasteiger charge is -2.20. The number of ether oxygens (including phenoxy) is 1. The van der Waals surface area contributed by atoms with Gasteiger partial charge in [0.15, 0.2) is 5.13 Å². The first kappa shape index (κ1) is 19.4. The quantitative estimate of drug-likeness (QED) is 0.457. The summed E-state index contributed by atoms with van der Waals surface area (Å²) in [4.78, 5) is 19.9. The molecule has 4 aromatic rings. The molecule has 0 N–H and O–H groups in total. The van der Waals surface area contributed by atoms with Crippen molar-refractivity contribution in [1.29, 1.82) is 0 Å². The Morgan fingerprint density at radius 2 is 2.00 bits per heavy atom. The van der Waals surface area contributed by atoms with Crippen LogP contribution >= 0.6 is 22.9 Å². The van der Waals surface area contributed by atoms with Crippen molar-refractivity contribution < 1.29 is 9.53 Å². The molecule has 0 radical (unpaired) electrons. The van der Waals surface area contributed by atoms with E-state index in [-0.39, 0.29) is 5.91 Å². The van der Waals surface area contributed by atoms with Crippen molar-refractivity contribution in [3.8, 4) is 5.75 Å². The van der Waals surface area contributed by atoms with E-state index in [0.29, 0.717) is 33.7 Å². The zero-order chi connectivity index (χ0) is 20.5. The highest BCUT2D eigenvalue weighted by Gasteiger charge is 2.26. The Bertz CT molecular complexity index is 1170. The average Bonchev–Trinajstić information content (AvgIpc) is 3.31. The predicted molar refractivity (Wildman–Crippen MR) is 116 cm³/mol. The van der Waals surface area contributed by atoms with Crippen LogP contribution in [0.4, 0.5) is 5.13 Å². The van der Waals surface area contributed by atoms with Crippen molar-refractivity contribution in [2.24, 2.45) is 7.05 Å². The molecule has 0 saturated carbocycles. The number of benzene rings is 2. The van der Waals surface area contributed by atoms with Crippen LogP contribution in [-0.2, 0) is 13.6 Å². The van der Waals surface area contributed by atoms with Crippen LogP contribution in [-0.4, -0.2) is 27.8 Å². The molecular weight excluding hydrogens is 408 g/mol. The van der Waals surface area contributed by atoms with Gasteiger partial charge in [-0.1, -0.05) is 53.3 Å². The second-order valence-corrected chi connectivity index (χ2v) is 7.99. The number of anilines is 1. The van der Waals surface area contributed by atoms with Crippen LogP contribution in [0.2, 0.25) is 5.02 Å². The van der Waals surface area contributed by atoms with Crippen molar-refractivity contribution in [2.75, 3.05) is 12.0 Å². The molecule has 0 aliphatic heterocycles. The summed E-state index contributed by atoms with van der Waals surface area (Å²) in [5.41, 5.74) is 2.98. The standard InChI is InChI=1S/C21H19ClN4O2S/c1-13-11-23-25(2)18(13)20(27)26(12-14-7-5-4-6-8-14)21-24-17-16(28-3)10-9-15(22)19(17)29-21/h4-11H,12H2,1-3H3. The van der Waals surface area contributed by atoms with Gasteiger partial charge in [0, 0.05) is 7.05 Å². The molecule has 0 aliphatic rings. The smallest absolute Gasteiger partial charge is 0.278 e. The number of thiazole rings is 1. The van der Waals surface area contributed by atoms with E-state index >= 15 is 0 Å². The van der Waals surface area contributed by atoms with Gasteiger partial charge in [0.1, 0.15) is 17.0 Å². The predicted octanol–water partition coefficient (Wildman–Crippen LogP) is 4.85. The molecule has 0 saturated heterocycles. The van der Waals surface area contributed by atoms with Gasteiger partial charge in [0.25, 0.3) is 5.91 Å². The Morgan fingerprint density at radius 3 is 2.66 bits per heavy atom. The number of aromatic nitrogens is 3. The van der Waals surface area contributed by atoms with Gasteiger partial charge < -0.3 is 4.74 Å². The van der Waals surface area contributed by atoms with E-state index in [2.05, 4.69) is 5.10 Å². The lowest BCUT2D eigenvalue weighted by atomic mass is 10.2. The van der Waals surface area contributed by atoms with E-state index < -0.39 is 0 Å². The van der Waals surface area contributed by atoms with Gasteiger partial charge in [0.05, 0.1) is 29.6 Å². The SMILES string of the molecule is COc1ccc(Cl)c2sc(N(Cc3ccccc3)C(=O)c3c(C)cnn3C)nc12. The Balaban J connectivity index is 1.85. The first-order chi connectivity index (χ1) is 14.0. The number of methoxy groups -OCH3 is 1. The summed E-state index contributed by atoms with van der Waals surface area (Å²) in [5, 5.41) is 5.35. The first-order valence-corrected chi connectivity index (χ1v) is 10.2. The number of halogens is 1. The maximum atomic E-state index is 13.5. The summed E-state index contributed by atoms with van der Waals surface area (Å²) < 4.78 is 7.81. The maximum absolute atomic E-state index is 13.5. The Kier molecular flexibility index (Phi) is 5.25. The van der Waals surface area contributed by atoms with E-state index in [1.807, 2.05) is 37.3 Å². The normalized spacial score (nSPS) is 11.0. The average molecular weight is 427 g/mol. The fourth-order valence-corrected chi connectivity index (χ4v) is 4.45. The summed E-state index contributed by atoms with van der Waals surface area (Å²) in [7, 11) is 3.35. The minimum atomic E-state index is -0.166. The van der Waals surface area contributed by atoms with Crippen molar-refractivity contribution in [3.63, 3.8) is 0 Å². The van der Waals surface area contributed by atoms with Crippen LogP contribution < -0.4 is 9.64 Å². The summed E-state index contributed by atoms with van der Waals surface area (Å²) in [6.07, 6.45) is 1.69. The Morgan fingerprint density at radius 1 is 1.24 bits per heavy atom. The molecule has 2 aromatic carbocycles. The molecule has 0 bridgehead atoms. The molecule has 1 amide bonds. The second-order valence-electron chi connectivity index (χ2n) is 6.60. The number of nitrogens with zero attached hydrogens (tertiary/aromatic N) is 4. The van der Waals surface area contributed by atoms with Gasteiger partial charge in [-0.3, -0.25) is 14.4 Å². The van der Waals surface area contributed by atoms with Crippen LogP contribution in [0.5, 0.6) is 5.75 Å². The summed E-state index contributed by atoms with van der Waals surface area (Å²) in [5.74, 6) is 0.455. The van der Waals surface area contributed by atoms with Crippen molar-refractivity contribution >= 4 is 44.2 Å². The highest BCUT2D eigenvalue weighted by Crippen LogP contribution is 2.39. The van der Waals surface area contributed by atoms with Gasteiger partial charge in [-0.15, -0.1) is 0 Å². The summed E-state index contributed by atoms with van der Waals surface area (Å²) in [6.45, 7) is 2.25. The van der Waals surface area contributed by atoms with Crippen LogP contribution in [0.15, 0.2) is 48.7 Å². The number of aryl methyl sites for hydroxylation is 2. The molecule has 0 fully saturated rings. The molecule has 0 aliphatic carbocycles. The molecule has 0 atom stereocenters. The number of hydrogen-bond donors (Lipinski definition) is 0. The molecule has 2 heterocycles. The number of carbonyl (C=O) groups excluding carboxylic acids is 1. The van der Waals surface area contributed by atoms with Crippen LogP contribution in [0.3, 0.4) is 0 Å². The minimum Gasteiger partial charge on any atom is -0.494 e. The maximum Gasteiger partial charge on any atom is 0.278 e.